The first-order valence-electron chi connectivity index (χ1n) is 4.56. The minimum Gasteiger partial charge on any atom is -0.391 e. The van der Waals surface area contributed by atoms with Crippen molar-refractivity contribution in [3.8, 4) is 0 Å². The van der Waals surface area contributed by atoms with Gasteiger partial charge in [0.25, 0.3) is 0 Å². The molecular formula is C10H11BrFNO. The lowest BCUT2D eigenvalue weighted by atomic mass is 9.89. The van der Waals surface area contributed by atoms with Gasteiger partial charge in [0, 0.05) is 4.47 Å². The second kappa shape index (κ2) is 3.87. The van der Waals surface area contributed by atoms with E-state index in [4.69, 9.17) is 0 Å². The Bertz CT molecular complexity index is 345. The highest BCUT2D eigenvalue weighted by Crippen LogP contribution is 2.26. The lowest BCUT2D eigenvalue weighted by Gasteiger charge is -2.33. The second-order valence-corrected chi connectivity index (χ2v) is 4.44. The van der Waals surface area contributed by atoms with Gasteiger partial charge in [-0.25, -0.2) is 4.39 Å². The zero-order chi connectivity index (χ0) is 10.1. The van der Waals surface area contributed by atoms with Gasteiger partial charge in [-0.1, -0.05) is 15.9 Å². The molecule has 1 aliphatic rings. The van der Waals surface area contributed by atoms with Gasteiger partial charge in [0.05, 0.1) is 17.8 Å². The molecule has 1 aromatic carbocycles. The van der Waals surface area contributed by atoms with Crippen molar-refractivity contribution in [3.05, 3.63) is 28.5 Å². The SMILES string of the molecule is O[C@H]1CC[C@@H]1Nc1ccc(Br)cc1F. The Labute approximate surface area is 90.3 Å². The Morgan fingerprint density at radius 2 is 2.21 bits per heavy atom. The molecule has 1 aliphatic carbocycles. The van der Waals surface area contributed by atoms with Crippen LogP contribution in [0.5, 0.6) is 0 Å². The summed E-state index contributed by atoms with van der Waals surface area (Å²) >= 11 is 3.19. The van der Waals surface area contributed by atoms with Gasteiger partial charge in [-0.05, 0) is 31.0 Å². The maximum atomic E-state index is 13.3. The predicted octanol–water partition coefficient (Wildman–Crippen LogP) is 2.52. The summed E-state index contributed by atoms with van der Waals surface area (Å²) in [4.78, 5) is 0. The molecule has 1 fully saturated rings. The third kappa shape index (κ3) is 1.91. The second-order valence-electron chi connectivity index (χ2n) is 3.52. The Hall–Kier alpha value is -0.610. The quantitative estimate of drug-likeness (QED) is 0.856. The minimum absolute atomic E-state index is 0.00526. The Morgan fingerprint density at radius 1 is 1.43 bits per heavy atom. The van der Waals surface area contributed by atoms with Gasteiger partial charge in [0.1, 0.15) is 5.82 Å². The Morgan fingerprint density at radius 3 is 2.71 bits per heavy atom. The molecule has 0 bridgehead atoms. The lowest BCUT2D eigenvalue weighted by molar-refractivity contribution is 0.0784. The molecule has 2 nitrogen and oxygen atoms in total. The molecule has 2 N–H and O–H groups in total. The largest absolute Gasteiger partial charge is 0.391 e. The molecule has 0 heterocycles. The molecule has 1 saturated carbocycles. The van der Waals surface area contributed by atoms with E-state index in [2.05, 4.69) is 21.2 Å². The molecule has 0 aromatic heterocycles. The summed E-state index contributed by atoms with van der Waals surface area (Å²) in [5.41, 5.74) is 0.456. The zero-order valence-electron chi connectivity index (χ0n) is 7.50. The lowest BCUT2D eigenvalue weighted by Crippen LogP contribution is -2.42. The van der Waals surface area contributed by atoms with E-state index in [-0.39, 0.29) is 18.0 Å². The van der Waals surface area contributed by atoms with E-state index in [1.807, 2.05) is 0 Å². The van der Waals surface area contributed by atoms with E-state index in [1.165, 1.54) is 6.07 Å². The van der Waals surface area contributed by atoms with Crippen LogP contribution in [0.25, 0.3) is 0 Å². The summed E-state index contributed by atoms with van der Waals surface area (Å²) < 4.78 is 14.0. The fourth-order valence-corrected chi connectivity index (χ4v) is 1.79. The Balaban J connectivity index is 2.09. The van der Waals surface area contributed by atoms with Gasteiger partial charge in [-0.3, -0.25) is 0 Å². The fourth-order valence-electron chi connectivity index (χ4n) is 1.46. The van der Waals surface area contributed by atoms with Gasteiger partial charge in [-0.2, -0.15) is 0 Å². The van der Waals surface area contributed by atoms with Crippen LogP contribution in [-0.2, 0) is 0 Å². The van der Waals surface area contributed by atoms with Gasteiger partial charge in [0.2, 0.25) is 0 Å². The van der Waals surface area contributed by atoms with Gasteiger partial charge in [-0.15, -0.1) is 0 Å². The van der Waals surface area contributed by atoms with E-state index in [0.29, 0.717) is 5.69 Å². The van der Waals surface area contributed by atoms with Gasteiger partial charge in [0.15, 0.2) is 0 Å². The van der Waals surface area contributed by atoms with Crippen LogP contribution in [-0.4, -0.2) is 17.3 Å². The summed E-state index contributed by atoms with van der Waals surface area (Å²) in [6.07, 6.45) is 1.37. The molecule has 2 atom stereocenters. The molecule has 1 aromatic rings. The first-order valence-corrected chi connectivity index (χ1v) is 5.36. The number of aliphatic hydroxyl groups is 1. The number of hydrogen-bond donors (Lipinski definition) is 2. The summed E-state index contributed by atoms with van der Waals surface area (Å²) in [6.45, 7) is 0. The van der Waals surface area contributed by atoms with Crippen LogP contribution in [0, 0.1) is 5.82 Å². The number of hydrogen-bond acceptors (Lipinski definition) is 2. The van der Waals surface area contributed by atoms with Gasteiger partial charge >= 0.3 is 0 Å². The van der Waals surface area contributed by atoms with Crippen LogP contribution in [0.1, 0.15) is 12.8 Å². The molecule has 0 aliphatic heterocycles. The first-order chi connectivity index (χ1) is 6.66. The highest BCUT2D eigenvalue weighted by Gasteiger charge is 2.28. The van der Waals surface area contributed by atoms with E-state index in [0.717, 1.165) is 17.3 Å². The number of rotatable bonds is 2. The molecule has 0 unspecified atom stereocenters. The smallest absolute Gasteiger partial charge is 0.147 e. The number of anilines is 1. The molecule has 0 spiro atoms. The highest BCUT2D eigenvalue weighted by molar-refractivity contribution is 9.10. The monoisotopic (exact) mass is 259 g/mol. The third-order valence-electron chi connectivity index (χ3n) is 2.51. The molecule has 0 amide bonds. The van der Waals surface area contributed by atoms with Crippen molar-refractivity contribution in [1.82, 2.24) is 0 Å². The van der Waals surface area contributed by atoms with Crippen molar-refractivity contribution in [1.29, 1.82) is 0 Å². The molecule has 0 radical (unpaired) electrons. The standard InChI is InChI=1S/C10H11BrFNO/c11-6-1-2-8(7(12)5-6)13-9-3-4-10(9)14/h1-2,5,9-10,13-14H,3-4H2/t9-,10-/m0/s1. The summed E-state index contributed by atoms with van der Waals surface area (Å²) in [7, 11) is 0. The number of nitrogens with one attached hydrogen (secondary N) is 1. The van der Waals surface area contributed by atoms with E-state index >= 15 is 0 Å². The third-order valence-corrected chi connectivity index (χ3v) is 3.00. The van der Waals surface area contributed by atoms with E-state index in [1.54, 1.807) is 12.1 Å². The maximum absolute atomic E-state index is 13.3. The molecule has 2 rings (SSSR count). The number of halogens is 2. The van der Waals surface area contributed by atoms with Crippen molar-refractivity contribution in [2.45, 2.75) is 25.0 Å². The molecule has 14 heavy (non-hydrogen) atoms. The average Bonchev–Trinajstić information content (AvgIpc) is 2.14. The van der Waals surface area contributed by atoms with Crippen LogP contribution < -0.4 is 5.32 Å². The highest BCUT2D eigenvalue weighted by atomic mass is 79.9. The normalized spacial score (nSPS) is 25.6. The molecule has 76 valence electrons. The predicted molar refractivity (Wildman–Crippen MR) is 56.8 cm³/mol. The fraction of sp³-hybridized carbons (Fsp3) is 0.400. The Kier molecular flexibility index (Phi) is 2.74. The van der Waals surface area contributed by atoms with E-state index < -0.39 is 0 Å². The average molecular weight is 260 g/mol. The van der Waals surface area contributed by atoms with Crippen molar-refractivity contribution >= 4 is 21.6 Å². The minimum atomic E-state index is -0.335. The molecule has 4 heteroatoms. The zero-order valence-corrected chi connectivity index (χ0v) is 9.09. The number of benzene rings is 1. The summed E-state index contributed by atoms with van der Waals surface area (Å²) in [6, 6.07) is 4.86. The summed E-state index contributed by atoms with van der Waals surface area (Å²) in [5.74, 6) is -0.293. The summed E-state index contributed by atoms with van der Waals surface area (Å²) in [5, 5.41) is 12.3. The maximum Gasteiger partial charge on any atom is 0.147 e. The number of aliphatic hydroxyl groups excluding tert-OH is 1. The van der Waals surface area contributed by atoms with Crippen molar-refractivity contribution in [3.63, 3.8) is 0 Å². The van der Waals surface area contributed by atoms with Crippen molar-refractivity contribution in [2.75, 3.05) is 5.32 Å². The first kappa shape index (κ1) is 9.93. The van der Waals surface area contributed by atoms with Crippen LogP contribution in [0.2, 0.25) is 0 Å². The van der Waals surface area contributed by atoms with Gasteiger partial charge < -0.3 is 10.4 Å². The van der Waals surface area contributed by atoms with Crippen LogP contribution in [0.3, 0.4) is 0 Å². The molecular weight excluding hydrogens is 249 g/mol. The van der Waals surface area contributed by atoms with E-state index in [9.17, 15) is 9.50 Å². The van der Waals surface area contributed by atoms with Crippen LogP contribution in [0.15, 0.2) is 22.7 Å². The van der Waals surface area contributed by atoms with Crippen molar-refractivity contribution < 1.29 is 9.50 Å². The van der Waals surface area contributed by atoms with Crippen LogP contribution >= 0.6 is 15.9 Å². The topological polar surface area (TPSA) is 32.3 Å². The van der Waals surface area contributed by atoms with Crippen LogP contribution in [0.4, 0.5) is 10.1 Å². The molecule has 0 saturated heterocycles. The van der Waals surface area contributed by atoms with Crippen molar-refractivity contribution in [2.24, 2.45) is 0 Å².